The molecule has 0 radical (unpaired) electrons. The molecule has 3 rings (SSSR count). The SMILES string of the molecule is C[C@@H]1COCCN1C(=O)NCCc1cn2ccccc2n1. The number of hydrogen-bond donors (Lipinski definition) is 1. The average Bonchev–Trinajstić information content (AvgIpc) is 2.90. The van der Waals surface area contributed by atoms with Gasteiger partial charge in [-0.3, -0.25) is 0 Å². The minimum absolute atomic E-state index is 0.0189. The summed E-state index contributed by atoms with van der Waals surface area (Å²) in [5.74, 6) is 0. The highest BCUT2D eigenvalue weighted by Crippen LogP contribution is 2.07. The van der Waals surface area contributed by atoms with Crippen LogP contribution < -0.4 is 5.32 Å². The topological polar surface area (TPSA) is 58.9 Å². The van der Waals surface area contributed by atoms with Gasteiger partial charge in [0.25, 0.3) is 0 Å². The predicted octanol–water partition coefficient (Wildman–Crippen LogP) is 1.31. The second-order valence-electron chi connectivity index (χ2n) is 5.30. The molecule has 0 aliphatic carbocycles. The molecule has 1 aliphatic rings. The second-order valence-corrected chi connectivity index (χ2v) is 5.30. The van der Waals surface area contributed by atoms with Crippen LogP contribution in [0.5, 0.6) is 0 Å². The summed E-state index contributed by atoms with van der Waals surface area (Å²) < 4.78 is 7.32. The zero-order valence-electron chi connectivity index (χ0n) is 12.2. The number of imidazole rings is 1. The monoisotopic (exact) mass is 288 g/mol. The molecule has 1 aliphatic heterocycles. The molecule has 2 amide bonds. The van der Waals surface area contributed by atoms with E-state index in [1.807, 2.05) is 46.8 Å². The molecule has 1 atom stereocenters. The van der Waals surface area contributed by atoms with Crippen molar-refractivity contribution in [3.8, 4) is 0 Å². The molecular weight excluding hydrogens is 268 g/mol. The number of carbonyl (C=O) groups is 1. The highest BCUT2D eigenvalue weighted by atomic mass is 16.5. The number of fused-ring (bicyclic) bond motifs is 1. The summed E-state index contributed by atoms with van der Waals surface area (Å²) >= 11 is 0. The fourth-order valence-electron chi connectivity index (χ4n) is 2.54. The molecule has 0 unspecified atom stereocenters. The number of morpholine rings is 1. The number of hydrogen-bond acceptors (Lipinski definition) is 3. The quantitative estimate of drug-likeness (QED) is 0.926. The maximum absolute atomic E-state index is 12.1. The number of nitrogens with zero attached hydrogens (tertiary/aromatic N) is 3. The lowest BCUT2D eigenvalue weighted by Gasteiger charge is -2.33. The Morgan fingerprint density at radius 3 is 3.24 bits per heavy atom. The number of ether oxygens (including phenoxy) is 1. The fraction of sp³-hybridized carbons (Fsp3) is 0.467. The molecule has 0 bridgehead atoms. The van der Waals surface area contributed by atoms with Gasteiger partial charge in [-0.1, -0.05) is 6.07 Å². The van der Waals surface area contributed by atoms with E-state index in [2.05, 4.69) is 10.3 Å². The maximum atomic E-state index is 12.1. The summed E-state index contributed by atoms with van der Waals surface area (Å²) in [6, 6.07) is 6.02. The van der Waals surface area contributed by atoms with Gasteiger partial charge in [-0.05, 0) is 19.1 Å². The van der Waals surface area contributed by atoms with Crippen molar-refractivity contribution < 1.29 is 9.53 Å². The first-order valence-electron chi connectivity index (χ1n) is 7.29. The van der Waals surface area contributed by atoms with Crippen LogP contribution in [0, 0.1) is 0 Å². The van der Waals surface area contributed by atoms with Gasteiger partial charge >= 0.3 is 6.03 Å². The number of amides is 2. The summed E-state index contributed by atoms with van der Waals surface area (Å²) in [4.78, 5) is 18.4. The van der Waals surface area contributed by atoms with Crippen molar-refractivity contribution in [2.24, 2.45) is 0 Å². The molecule has 1 fully saturated rings. The van der Waals surface area contributed by atoms with Crippen LogP contribution in [-0.4, -0.2) is 52.7 Å². The Bertz CT molecular complexity index is 592. The molecule has 1 saturated heterocycles. The van der Waals surface area contributed by atoms with E-state index >= 15 is 0 Å². The van der Waals surface area contributed by atoms with E-state index in [4.69, 9.17) is 4.74 Å². The van der Waals surface area contributed by atoms with Crippen LogP contribution in [0.4, 0.5) is 4.79 Å². The van der Waals surface area contributed by atoms with Gasteiger partial charge < -0.3 is 19.4 Å². The van der Waals surface area contributed by atoms with E-state index in [1.54, 1.807) is 0 Å². The molecule has 2 aromatic heterocycles. The summed E-state index contributed by atoms with van der Waals surface area (Å²) in [5.41, 5.74) is 1.91. The van der Waals surface area contributed by atoms with E-state index < -0.39 is 0 Å². The molecule has 3 heterocycles. The Balaban J connectivity index is 1.52. The normalized spacial score (nSPS) is 18.9. The van der Waals surface area contributed by atoms with E-state index in [9.17, 15) is 4.79 Å². The van der Waals surface area contributed by atoms with Crippen LogP contribution in [0.2, 0.25) is 0 Å². The number of aromatic nitrogens is 2. The van der Waals surface area contributed by atoms with E-state index in [0.29, 0.717) is 26.3 Å². The van der Waals surface area contributed by atoms with Crippen LogP contribution in [0.1, 0.15) is 12.6 Å². The van der Waals surface area contributed by atoms with Gasteiger partial charge in [0, 0.05) is 31.9 Å². The minimum atomic E-state index is -0.0189. The van der Waals surface area contributed by atoms with Gasteiger partial charge in [0.2, 0.25) is 0 Å². The van der Waals surface area contributed by atoms with Crippen molar-refractivity contribution in [1.29, 1.82) is 0 Å². The van der Waals surface area contributed by atoms with Gasteiger partial charge in [0.05, 0.1) is 24.9 Å². The van der Waals surface area contributed by atoms with Crippen LogP contribution in [0.3, 0.4) is 0 Å². The molecule has 112 valence electrons. The maximum Gasteiger partial charge on any atom is 0.317 e. The fourth-order valence-corrected chi connectivity index (χ4v) is 2.54. The lowest BCUT2D eigenvalue weighted by molar-refractivity contribution is 0.0191. The van der Waals surface area contributed by atoms with Crippen LogP contribution in [0.25, 0.3) is 5.65 Å². The Hall–Kier alpha value is -2.08. The van der Waals surface area contributed by atoms with Gasteiger partial charge in [-0.25, -0.2) is 9.78 Å². The predicted molar refractivity (Wildman–Crippen MR) is 79.3 cm³/mol. The van der Waals surface area contributed by atoms with Crippen molar-refractivity contribution >= 4 is 11.7 Å². The lowest BCUT2D eigenvalue weighted by Crippen LogP contribution is -2.51. The molecule has 0 saturated carbocycles. The Labute approximate surface area is 123 Å². The first-order chi connectivity index (χ1) is 10.2. The Morgan fingerprint density at radius 1 is 1.52 bits per heavy atom. The molecule has 0 aromatic carbocycles. The molecule has 6 nitrogen and oxygen atoms in total. The largest absolute Gasteiger partial charge is 0.377 e. The standard InChI is InChI=1S/C15H20N4O2/c1-12-11-21-9-8-19(12)15(20)16-6-5-13-10-18-7-3-2-4-14(18)17-13/h2-4,7,10,12H,5-6,8-9,11H2,1H3,(H,16,20)/t12-/m1/s1. The zero-order valence-corrected chi connectivity index (χ0v) is 12.2. The van der Waals surface area contributed by atoms with Gasteiger partial charge in [-0.2, -0.15) is 0 Å². The molecule has 2 aromatic rings. The second kappa shape index (κ2) is 6.13. The Kier molecular flexibility index (Phi) is 4.06. The third-order valence-electron chi connectivity index (χ3n) is 3.70. The van der Waals surface area contributed by atoms with Crippen molar-refractivity contribution in [2.45, 2.75) is 19.4 Å². The highest BCUT2D eigenvalue weighted by Gasteiger charge is 2.23. The van der Waals surface area contributed by atoms with E-state index in [1.165, 1.54) is 0 Å². The first-order valence-corrected chi connectivity index (χ1v) is 7.29. The first kappa shape index (κ1) is 13.9. The molecular formula is C15H20N4O2. The van der Waals surface area contributed by atoms with E-state index in [-0.39, 0.29) is 12.1 Å². The molecule has 6 heteroatoms. The smallest absolute Gasteiger partial charge is 0.317 e. The number of pyridine rings is 1. The average molecular weight is 288 g/mol. The lowest BCUT2D eigenvalue weighted by atomic mass is 10.3. The van der Waals surface area contributed by atoms with Crippen LogP contribution in [0.15, 0.2) is 30.6 Å². The van der Waals surface area contributed by atoms with Crippen LogP contribution in [-0.2, 0) is 11.2 Å². The van der Waals surface area contributed by atoms with Crippen molar-refractivity contribution in [2.75, 3.05) is 26.3 Å². The number of nitrogens with one attached hydrogen (secondary N) is 1. The van der Waals surface area contributed by atoms with Gasteiger partial charge in [-0.15, -0.1) is 0 Å². The summed E-state index contributed by atoms with van der Waals surface area (Å²) in [5, 5.41) is 2.96. The zero-order chi connectivity index (χ0) is 14.7. The summed E-state index contributed by atoms with van der Waals surface area (Å²) in [6.07, 6.45) is 4.70. The van der Waals surface area contributed by atoms with Gasteiger partial charge in [0.1, 0.15) is 5.65 Å². The molecule has 0 spiro atoms. The van der Waals surface area contributed by atoms with E-state index in [0.717, 1.165) is 17.8 Å². The Morgan fingerprint density at radius 2 is 2.43 bits per heavy atom. The van der Waals surface area contributed by atoms with Crippen molar-refractivity contribution in [1.82, 2.24) is 19.6 Å². The molecule has 21 heavy (non-hydrogen) atoms. The van der Waals surface area contributed by atoms with Crippen molar-refractivity contribution in [3.05, 3.63) is 36.3 Å². The van der Waals surface area contributed by atoms with Gasteiger partial charge in [0.15, 0.2) is 0 Å². The number of urea groups is 1. The molecule has 1 N–H and O–H groups in total. The third-order valence-corrected chi connectivity index (χ3v) is 3.70. The number of carbonyl (C=O) groups excluding carboxylic acids is 1. The van der Waals surface area contributed by atoms with Crippen LogP contribution >= 0.6 is 0 Å². The third kappa shape index (κ3) is 3.16. The summed E-state index contributed by atoms with van der Waals surface area (Å²) in [7, 11) is 0. The van der Waals surface area contributed by atoms with Crippen molar-refractivity contribution in [3.63, 3.8) is 0 Å². The minimum Gasteiger partial charge on any atom is -0.377 e. The highest BCUT2D eigenvalue weighted by molar-refractivity contribution is 5.74. The number of rotatable bonds is 3. The summed E-state index contributed by atoms with van der Waals surface area (Å²) in [6.45, 7) is 4.47.